The Labute approximate surface area is 93.1 Å². The fourth-order valence-electron chi connectivity index (χ4n) is 1.57. The summed E-state index contributed by atoms with van der Waals surface area (Å²) in [5, 5.41) is 13.4. The Hall–Kier alpha value is -2.10. The summed E-state index contributed by atoms with van der Waals surface area (Å²) in [7, 11) is 1.74. The zero-order chi connectivity index (χ0) is 11.7. The molecular weight excluding hydrogens is 204 g/mol. The molecule has 0 atom stereocenters. The quantitative estimate of drug-likeness (QED) is 0.781. The van der Waals surface area contributed by atoms with E-state index >= 15 is 0 Å². The molecule has 16 heavy (non-hydrogen) atoms. The molecule has 82 valence electrons. The minimum atomic E-state index is -0.0139. The van der Waals surface area contributed by atoms with Crippen LogP contribution in [0.3, 0.4) is 0 Å². The number of aromatic hydroxyl groups is 1. The smallest absolute Gasteiger partial charge is 0.177 e. The first-order chi connectivity index (χ1) is 7.58. The number of benzene rings is 1. The number of aromatic nitrogens is 2. The molecule has 1 aromatic carbocycles. The number of nitrogens with zero attached hydrogens (tertiary/aromatic N) is 2. The van der Waals surface area contributed by atoms with Crippen LogP contribution in [0.15, 0.2) is 30.3 Å². The lowest BCUT2D eigenvalue weighted by molar-refractivity contribution is 0.100. The lowest BCUT2D eigenvalue weighted by atomic mass is 10.1. The minimum absolute atomic E-state index is 0.0139. The highest BCUT2D eigenvalue weighted by Gasteiger charge is 2.10. The van der Waals surface area contributed by atoms with E-state index in [9.17, 15) is 9.90 Å². The van der Waals surface area contributed by atoms with Crippen molar-refractivity contribution in [2.75, 3.05) is 0 Å². The molecule has 0 saturated carbocycles. The molecule has 0 radical (unpaired) electrons. The third kappa shape index (κ3) is 1.82. The van der Waals surface area contributed by atoms with E-state index in [4.69, 9.17) is 0 Å². The molecule has 0 aliphatic rings. The Morgan fingerprint density at radius 1 is 1.31 bits per heavy atom. The van der Waals surface area contributed by atoms with Crippen LogP contribution in [-0.4, -0.2) is 20.7 Å². The highest BCUT2D eigenvalue weighted by atomic mass is 16.3. The van der Waals surface area contributed by atoms with Crippen molar-refractivity contribution in [1.82, 2.24) is 9.78 Å². The van der Waals surface area contributed by atoms with Crippen molar-refractivity contribution in [3.05, 3.63) is 36.0 Å². The van der Waals surface area contributed by atoms with E-state index in [0.29, 0.717) is 5.69 Å². The number of Topliss-reactive ketones (excluding diaryl/α,β-unsaturated/α-hetero) is 1. The third-order valence-electron chi connectivity index (χ3n) is 2.40. The van der Waals surface area contributed by atoms with Gasteiger partial charge >= 0.3 is 0 Å². The van der Waals surface area contributed by atoms with Crippen LogP contribution in [0.4, 0.5) is 0 Å². The van der Waals surface area contributed by atoms with Gasteiger partial charge in [0.2, 0.25) is 0 Å². The molecule has 0 unspecified atom stereocenters. The standard InChI is InChI=1S/C12H12N2O2/c1-8(15)12-7-11(13-14(12)2)9-3-5-10(16)6-4-9/h3-7,16H,1-2H3. The van der Waals surface area contributed by atoms with Gasteiger partial charge in [0, 0.05) is 19.5 Å². The first-order valence-corrected chi connectivity index (χ1v) is 4.92. The molecule has 0 saturated heterocycles. The van der Waals surface area contributed by atoms with Crippen molar-refractivity contribution in [3.63, 3.8) is 0 Å². The van der Waals surface area contributed by atoms with E-state index in [0.717, 1.165) is 11.3 Å². The van der Waals surface area contributed by atoms with Crippen LogP contribution in [0.1, 0.15) is 17.4 Å². The van der Waals surface area contributed by atoms with Crippen molar-refractivity contribution < 1.29 is 9.90 Å². The Morgan fingerprint density at radius 2 is 1.94 bits per heavy atom. The molecule has 0 spiro atoms. The van der Waals surface area contributed by atoms with Crippen LogP contribution in [0, 0.1) is 0 Å². The number of carbonyl (C=O) groups is 1. The Balaban J connectivity index is 2.45. The number of phenolic OH excluding ortho intramolecular Hbond substituents is 1. The monoisotopic (exact) mass is 216 g/mol. The van der Waals surface area contributed by atoms with Gasteiger partial charge < -0.3 is 5.11 Å². The van der Waals surface area contributed by atoms with Crippen LogP contribution < -0.4 is 0 Å². The van der Waals surface area contributed by atoms with Gasteiger partial charge in [-0.05, 0) is 30.3 Å². The largest absolute Gasteiger partial charge is 0.508 e. The molecule has 2 aromatic rings. The first-order valence-electron chi connectivity index (χ1n) is 4.92. The summed E-state index contributed by atoms with van der Waals surface area (Å²) in [6.07, 6.45) is 0. The SMILES string of the molecule is CC(=O)c1cc(-c2ccc(O)cc2)nn1C. The van der Waals surface area contributed by atoms with Crippen LogP contribution in [0.25, 0.3) is 11.3 Å². The van der Waals surface area contributed by atoms with Crippen LogP contribution in [-0.2, 0) is 7.05 Å². The number of carbonyl (C=O) groups excluding carboxylic acids is 1. The van der Waals surface area contributed by atoms with Gasteiger partial charge in [-0.15, -0.1) is 0 Å². The van der Waals surface area contributed by atoms with Gasteiger partial charge in [-0.25, -0.2) is 0 Å². The van der Waals surface area contributed by atoms with Gasteiger partial charge in [0.25, 0.3) is 0 Å². The first kappa shape index (κ1) is 10.4. The number of rotatable bonds is 2. The van der Waals surface area contributed by atoms with E-state index in [2.05, 4.69) is 5.10 Å². The second kappa shape index (κ2) is 3.81. The molecule has 0 bridgehead atoms. The highest BCUT2D eigenvalue weighted by Crippen LogP contribution is 2.21. The second-order valence-electron chi connectivity index (χ2n) is 3.64. The number of ketones is 1. The number of phenols is 1. The second-order valence-corrected chi connectivity index (χ2v) is 3.64. The van der Waals surface area contributed by atoms with Crippen molar-refractivity contribution >= 4 is 5.78 Å². The zero-order valence-corrected chi connectivity index (χ0v) is 9.14. The van der Waals surface area contributed by atoms with Crippen molar-refractivity contribution in [2.24, 2.45) is 7.05 Å². The van der Waals surface area contributed by atoms with Gasteiger partial charge in [0.15, 0.2) is 5.78 Å². The average Bonchev–Trinajstić information content (AvgIpc) is 2.61. The van der Waals surface area contributed by atoms with Crippen molar-refractivity contribution in [3.8, 4) is 17.0 Å². The number of aryl methyl sites for hydroxylation is 1. The lowest BCUT2D eigenvalue weighted by Gasteiger charge is -1.95. The maximum absolute atomic E-state index is 11.3. The molecule has 4 nitrogen and oxygen atoms in total. The Morgan fingerprint density at radius 3 is 2.44 bits per heavy atom. The van der Waals surface area contributed by atoms with Crippen molar-refractivity contribution in [1.29, 1.82) is 0 Å². The lowest BCUT2D eigenvalue weighted by Crippen LogP contribution is -2.02. The summed E-state index contributed by atoms with van der Waals surface area (Å²) in [4.78, 5) is 11.3. The van der Waals surface area contributed by atoms with Gasteiger partial charge in [-0.3, -0.25) is 9.48 Å². The zero-order valence-electron chi connectivity index (χ0n) is 9.14. The average molecular weight is 216 g/mol. The molecule has 1 aromatic heterocycles. The van der Waals surface area contributed by atoms with E-state index in [-0.39, 0.29) is 11.5 Å². The summed E-state index contributed by atoms with van der Waals surface area (Å²) in [5.74, 6) is 0.200. The van der Waals surface area contributed by atoms with Crippen LogP contribution in [0.5, 0.6) is 5.75 Å². The van der Waals surface area contributed by atoms with Gasteiger partial charge in [-0.2, -0.15) is 5.10 Å². The fraction of sp³-hybridized carbons (Fsp3) is 0.167. The van der Waals surface area contributed by atoms with E-state index in [1.54, 1.807) is 42.1 Å². The van der Waals surface area contributed by atoms with E-state index < -0.39 is 0 Å². The Kier molecular flexibility index (Phi) is 2.48. The summed E-state index contributed by atoms with van der Waals surface area (Å²) in [5.41, 5.74) is 2.18. The summed E-state index contributed by atoms with van der Waals surface area (Å²) >= 11 is 0. The Bertz CT molecular complexity index is 526. The maximum Gasteiger partial charge on any atom is 0.177 e. The van der Waals surface area contributed by atoms with Crippen LogP contribution in [0.2, 0.25) is 0 Å². The molecule has 0 amide bonds. The molecule has 1 heterocycles. The summed E-state index contributed by atoms with van der Waals surface area (Å²) < 4.78 is 1.56. The molecule has 1 N–H and O–H groups in total. The number of hydrogen-bond acceptors (Lipinski definition) is 3. The molecule has 2 rings (SSSR count). The van der Waals surface area contributed by atoms with Gasteiger partial charge in [0.1, 0.15) is 11.4 Å². The molecule has 0 aliphatic heterocycles. The van der Waals surface area contributed by atoms with Gasteiger partial charge in [-0.1, -0.05) is 0 Å². The van der Waals surface area contributed by atoms with E-state index in [1.807, 2.05) is 0 Å². The normalized spacial score (nSPS) is 10.4. The van der Waals surface area contributed by atoms with E-state index in [1.165, 1.54) is 6.92 Å². The maximum atomic E-state index is 11.3. The third-order valence-corrected chi connectivity index (χ3v) is 2.40. The molecular formula is C12H12N2O2. The molecule has 0 aliphatic carbocycles. The number of hydrogen-bond donors (Lipinski definition) is 1. The fourth-order valence-corrected chi connectivity index (χ4v) is 1.57. The predicted molar refractivity (Wildman–Crippen MR) is 60.3 cm³/mol. The topological polar surface area (TPSA) is 55.1 Å². The summed E-state index contributed by atoms with van der Waals surface area (Å²) in [6, 6.07) is 8.47. The van der Waals surface area contributed by atoms with Crippen molar-refractivity contribution in [2.45, 2.75) is 6.92 Å². The minimum Gasteiger partial charge on any atom is -0.508 e. The van der Waals surface area contributed by atoms with Crippen LogP contribution >= 0.6 is 0 Å². The highest BCUT2D eigenvalue weighted by molar-refractivity contribution is 5.93. The predicted octanol–water partition coefficient (Wildman–Crippen LogP) is 2.00. The summed E-state index contributed by atoms with van der Waals surface area (Å²) in [6.45, 7) is 1.51. The van der Waals surface area contributed by atoms with Gasteiger partial charge in [0.05, 0.1) is 5.69 Å². The molecule has 4 heteroatoms. The molecule has 0 fully saturated rings.